The molecular formula is C85H30O8. The van der Waals surface area contributed by atoms with Crippen LogP contribution in [0.5, 0.6) is 0 Å². The summed E-state index contributed by atoms with van der Waals surface area (Å²) < 4.78 is 33.1. The molecule has 1 fully saturated rings. The second-order valence-corrected chi connectivity index (χ2v) is 30.8. The van der Waals surface area contributed by atoms with Gasteiger partial charge in [-0.05, 0) is 335 Å². The van der Waals surface area contributed by atoms with Crippen molar-refractivity contribution in [1.29, 1.82) is 0 Å². The highest BCUT2D eigenvalue weighted by Crippen LogP contribution is 2.97. The van der Waals surface area contributed by atoms with E-state index in [1.54, 1.807) is 327 Å². The number of benzene rings is 20. The molecule has 418 valence electrons. The Kier molecular flexibility index (Phi) is 4.80. The third-order valence-corrected chi connectivity index (χ3v) is 29.3. The van der Waals surface area contributed by atoms with E-state index in [0.29, 0.717) is 26.4 Å². The van der Waals surface area contributed by atoms with E-state index in [4.69, 9.17) is 28.4 Å². The van der Waals surface area contributed by atoms with Crippen molar-refractivity contribution in [2.75, 3.05) is 54.2 Å². The first-order valence-electron chi connectivity index (χ1n) is 33.5. The zero-order valence-electron chi connectivity index (χ0n) is 49.0. The standard InChI is InChI=1S/C85H30O8/c1-88-11-13-90-17-92-23(86)15-19-3-7-21(8-4-19)83(22-9-5-20(6-10-22)16-24(87)93-18-91-14-12-89-2)84-79-71-63-53-43-35-27-25-26-29-33-31(27)39-47-41(33)51-45-37(29)38-30(26)34-32-28(25)36(35)44-50-40(32)48-42(34)52-46(38)56-55(45)65-59(51)69-61(47)67(57(63)49(39)43)75(79)77(69)81-73(65)74-66(56)60(52)70-62(48)68-58(50)64(54(44)53)72(71)80(84)76(68)78(70)82(74)85(81,83)84/h3-10H,11-18H2,1-2H3. The Morgan fingerprint density at radius 3 is 0.613 bits per heavy atom. The van der Waals surface area contributed by atoms with Crippen LogP contribution in [0.25, 0.3) is 291 Å². The van der Waals surface area contributed by atoms with Crippen molar-refractivity contribution in [2.45, 2.75) is 29.1 Å². The van der Waals surface area contributed by atoms with Gasteiger partial charge in [-0.3, -0.25) is 9.59 Å². The van der Waals surface area contributed by atoms with Crippen LogP contribution in [0.1, 0.15) is 44.5 Å². The maximum Gasteiger partial charge on any atom is 0.312 e. The fourth-order valence-corrected chi connectivity index (χ4v) is 28.4. The number of carbonyl (C=O) groups excluding carboxylic acids is 2. The van der Waals surface area contributed by atoms with E-state index >= 15 is 0 Å². The summed E-state index contributed by atoms with van der Waals surface area (Å²) in [6, 6.07) is 18.8. The molecule has 30 aromatic rings. The minimum atomic E-state index is -0.716. The number of methoxy groups -OCH3 is 2. The maximum absolute atomic E-state index is 13.8. The van der Waals surface area contributed by atoms with Gasteiger partial charge in [-0.15, -0.1) is 0 Å². The lowest BCUT2D eigenvalue weighted by Crippen LogP contribution is -2.27. The van der Waals surface area contributed by atoms with Crippen LogP contribution in [0.4, 0.5) is 0 Å². The van der Waals surface area contributed by atoms with Gasteiger partial charge in [0.05, 0.1) is 55.5 Å². The van der Waals surface area contributed by atoms with Gasteiger partial charge >= 0.3 is 11.9 Å². The summed E-state index contributed by atoms with van der Waals surface area (Å²) in [5, 5.41) is 84.8. The van der Waals surface area contributed by atoms with Crippen molar-refractivity contribution in [3.8, 4) is 0 Å². The normalized spacial score (nSPS) is 18.0. The summed E-state index contributed by atoms with van der Waals surface area (Å²) in [5.74, 6) is -0.638. The molecule has 2 spiro atoms. The van der Waals surface area contributed by atoms with E-state index in [2.05, 4.69) is 48.5 Å². The monoisotopic (exact) mass is 1180 g/mol. The second kappa shape index (κ2) is 10.8. The van der Waals surface area contributed by atoms with Crippen LogP contribution in [-0.2, 0) is 67.1 Å². The highest BCUT2D eigenvalue weighted by Gasteiger charge is 2.95. The van der Waals surface area contributed by atoms with Crippen molar-refractivity contribution in [2.24, 2.45) is 0 Å². The van der Waals surface area contributed by atoms with Gasteiger partial charge in [-0.25, -0.2) is 0 Å². The van der Waals surface area contributed by atoms with Crippen molar-refractivity contribution in [3.05, 3.63) is 93.0 Å². The SMILES string of the molecule is COCCOCOC(=O)Cc1ccc(C2(c3ccc(CC(=O)OCOCCOC)cc3)C34c5c6c7c8c9c%10c(c%11c%12c3c3c5c5c%13c6c6c7c7c9c9c%14c%10c%10c%11c%11c%12c%12c3c3c5c5c%13c%13c6c6c7c9c7c9c%14c%10c%10c%11c%11c%12c3c3c5c5c%13c6c7c6c9c%10c%11c3c56)C824)cc1. The topological polar surface area (TPSA) is 89.5 Å². The van der Waals surface area contributed by atoms with Crippen LogP contribution in [0, 0.1) is 0 Å². The highest BCUT2D eigenvalue weighted by atomic mass is 16.7. The summed E-state index contributed by atoms with van der Waals surface area (Å²) in [5.41, 5.74) is 8.83. The number of rotatable bonds is 16. The smallest absolute Gasteiger partial charge is 0.312 e. The summed E-state index contributed by atoms with van der Waals surface area (Å²) in [4.78, 5) is 27.7. The van der Waals surface area contributed by atoms with Gasteiger partial charge in [0.15, 0.2) is 13.6 Å². The Balaban J connectivity index is 0.836. The Bertz CT molecular complexity index is 7720. The summed E-state index contributed by atoms with van der Waals surface area (Å²) in [6.45, 7) is 1.33. The molecule has 0 N–H and O–H groups in total. The Morgan fingerprint density at radius 2 is 0.430 bits per heavy atom. The number of ether oxygens (including phenoxy) is 6. The third-order valence-electron chi connectivity index (χ3n) is 29.3. The van der Waals surface area contributed by atoms with Gasteiger partial charge in [-0.1, -0.05) is 48.5 Å². The molecule has 35 rings (SSSR count). The molecule has 0 atom stereocenters. The Morgan fingerprint density at radius 1 is 0.247 bits per heavy atom. The molecule has 8 heteroatoms. The van der Waals surface area contributed by atoms with Crippen LogP contribution < -0.4 is 0 Å². The zero-order valence-corrected chi connectivity index (χ0v) is 49.0. The molecule has 8 nitrogen and oxygen atoms in total. The van der Waals surface area contributed by atoms with E-state index < -0.39 is 16.2 Å². The van der Waals surface area contributed by atoms with Gasteiger partial charge in [0.25, 0.3) is 0 Å². The molecule has 0 saturated heterocycles. The minimum absolute atomic E-state index is 0.115. The molecule has 0 amide bonds. The molecule has 0 radical (unpaired) electrons. The fraction of sp³-hybridized carbons (Fsp3) is 0.153. The van der Waals surface area contributed by atoms with Gasteiger partial charge in [0, 0.05) is 14.2 Å². The molecule has 0 aromatic heterocycles. The Hall–Kier alpha value is -10.3. The van der Waals surface area contributed by atoms with E-state index in [0.717, 1.165) is 11.1 Å². The average molecular weight is 1180 g/mol. The predicted molar refractivity (Wildman–Crippen MR) is 373 cm³/mol. The quantitative estimate of drug-likeness (QED) is 0.0409. The molecule has 0 aliphatic heterocycles. The van der Waals surface area contributed by atoms with Crippen LogP contribution in [0.3, 0.4) is 0 Å². The molecule has 30 aromatic carbocycles. The van der Waals surface area contributed by atoms with E-state index in [1.165, 1.54) is 11.1 Å². The molecule has 0 bridgehead atoms. The fourth-order valence-electron chi connectivity index (χ4n) is 28.4. The molecule has 93 heavy (non-hydrogen) atoms. The van der Waals surface area contributed by atoms with Crippen LogP contribution in [0.2, 0.25) is 0 Å². The first-order chi connectivity index (χ1) is 46.1. The van der Waals surface area contributed by atoms with Gasteiger partial charge in [0.2, 0.25) is 0 Å². The van der Waals surface area contributed by atoms with Crippen molar-refractivity contribution in [3.63, 3.8) is 0 Å². The molecule has 5 aliphatic carbocycles. The van der Waals surface area contributed by atoms with Gasteiger partial charge < -0.3 is 28.4 Å². The average Bonchev–Trinajstić information content (AvgIpc) is 1.35. The lowest BCUT2D eigenvalue weighted by molar-refractivity contribution is -0.157. The number of esters is 2. The summed E-state index contributed by atoms with van der Waals surface area (Å²) >= 11 is 0. The minimum Gasteiger partial charge on any atom is -0.438 e. The van der Waals surface area contributed by atoms with Crippen LogP contribution in [-0.4, -0.2) is 66.2 Å². The molecule has 5 aliphatic rings. The largest absolute Gasteiger partial charge is 0.438 e. The molecular weight excluding hydrogens is 1150 g/mol. The lowest BCUT2D eigenvalue weighted by atomic mass is 9.68. The maximum atomic E-state index is 13.8. The van der Waals surface area contributed by atoms with Crippen molar-refractivity contribution < 1.29 is 38.0 Å². The highest BCUT2D eigenvalue weighted by molar-refractivity contribution is 6.82. The predicted octanol–water partition coefficient (Wildman–Crippen LogP) is 18.7. The summed E-state index contributed by atoms with van der Waals surface area (Å²) in [7, 11) is 3.28. The van der Waals surface area contributed by atoms with Crippen molar-refractivity contribution in [1.82, 2.24) is 0 Å². The molecule has 0 unspecified atom stereocenters. The van der Waals surface area contributed by atoms with Crippen LogP contribution >= 0.6 is 0 Å². The van der Waals surface area contributed by atoms with E-state index in [-0.39, 0.29) is 38.4 Å². The Labute approximate surface area is 514 Å². The lowest BCUT2D eigenvalue weighted by Gasteiger charge is -2.32. The first-order valence-corrected chi connectivity index (χ1v) is 33.5. The van der Waals surface area contributed by atoms with E-state index in [9.17, 15) is 9.59 Å². The second-order valence-electron chi connectivity index (χ2n) is 30.8. The molecule has 1 saturated carbocycles. The number of hydrogen-bond donors (Lipinski definition) is 0. The third kappa shape index (κ3) is 2.77. The van der Waals surface area contributed by atoms with Gasteiger partial charge in [0.1, 0.15) is 0 Å². The van der Waals surface area contributed by atoms with E-state index in [1.807, 2.05) is 0 Å². The van der Waals surface area contributed by atoms with Crippen LogP contribution in [0.15, 0.2) is 48.5 Å². The zero-order chi connectivity index (χ0) is 58.0. The summed E-state index contributed by atoms with van der Waals surface area (Å²) in [6.07, 6.45) is 0.252. The van der Waals surface area contributed by atoms with Gasteiger partial charge in [-0.2, -0.15) is 0 Å². The molecule has 0 heterocycles. The van der Waals surface area contributed by atoms with Crippen molar-refractivity contribution >= 4 is 303 Å². The number of hydrogen-bond acceptors (Lipinski definition) is 8. The number of carbonyl (C=O) groups is 2. The first kappa shape index (κ1) is 41.2.